The summed E-state index contributed by atoms with van der Waals surface area (Å²) in [6.07, 6.45) is 8.52. The summed E-state index contributed by atoms with van der Waals surface area (Å²) in [6, 6.07) is 13.8. The zero-order valence-corrected chi connectivity index (χ0v) is 19.8. The van der Waals surface area contributed by atoms with E-state index in [9.17, 15) is 4.79 Å². The summed E-state index contributed by atoms with van der Waals surface area (Å²) < 4.78 is 7.19. The number of fused-ring (bicyclic) bond motifs is 1. The topological polar surface area (TPSA) is 73.4 Å². The zero-order chi connectivity index (χ0) is 23.4. The first-order chi connectivity index (χ1) is 16.0. The molecule has 174 valence electrons. The van der Waals surface area contributed by atoms with Gasteiger partial charge in [-0.05, 0) is 79.6 Å². The molecule has 1 aromatic heterocycles. The van der Waals surface area contributed by atoms with Crippen molar-refractivity contribution in [3.05, 3.63) is 64.2 Å². The van der Waals surface area contributed by atoms with Crippen LogP contribution in [0.1, 0.15) is 37.1 Å². The van der Waals surface area contributed by atoms with Crippen molar-refractivity contribution in [3.63, 3.8) is 0 Å². The number of anilines is 1. The van der Waals surface area contributed by atoms with Gasteiger partial charge < -0.3 is 15.4 Å². The van der Waals surface area contributed by atoms with E-state index in [-0.39, 0.29) is 5.56 Å². The molecule has 2 N–H and O–H groups in total. The van der Waals surface area contributed by atoms with E-state index < -0.39 is 0 Å². The molecular weight excluding hydrogens is 412 g/mol. The van der Waals surface area contributed by atoms with Crippen molar-refractivity contribution in [1.82, 2.24) is 9.55 Å². The van der Waals surface area contributed by atoms with Crippen LogP contribution < -0.4 is 20.9 Å². The normalized spacial score (nSPS) is 18.7. The van der Waals surface area contributed by atoms with Gasteiger partial charge in [0.25, 0.3) is 5.56 Å². The number of ether oxygens (including phenoxy) is 1. The fraction of sp³-hybridized carbons (Fsp3) is 0.407. The fourth-order valence-electron chi connectivity index (χ4n) is 4.74. The SMILES string of the molecule is COc1ccc2nc(/C=C/c3ccc(N(C)C)cc3)n(CC3CCCC(CN)C3)c(=O)c2c1. The number of nitrogens with two attached hydrogens (primary N) is 1. The smallest absolute Gasteiger partial charge is 0.261 e. The number of benzene rings is 2. The molecule has 1 heterocycles. The Balaban J connectivity index is 1.72. The Bertz CT molecular complexity index is 1180. The minimum absolute atomic E-state index is 0.0172. The minimum Gasteiger partial charge on any atom is -0.497 e. The van der Waals surface area contributed by atoms with Crippen LogP contribution in [0, 0.1) is 11.8 Å². The second kappa shape index (κ2) is 10.2. The molecular formula is C27H34N4O2. The van der Waals surface area contributed by atoms with E-state index in [1.165, 1.54) is 12.8 Å². The lowest BCUT2D eigenvalue weighted by Gasteiger charge is -2.29. The first-order valence-electron chi connectivity index (χ1n) is 11.7. The Labute approximate surface area is 195 Å². The molecule has 0 radical (unpaired) electrons. The van der Waals surface area contributed by atoms with Crippen molar-refractivity contribution in [2.24, 2.45) is 17.6 Å². The minimum atomic E-state index is -0.0172. The van der Waals surface area contributed by atoms with Crippen LogP contribution in [0.3, 0.4) is 0 Å². The molecule has 4 rings (SSSR count). The number of methoxy groups -OCH3 is 1. The van der Waals surface area contributed by atoms with Gasteiger partial charge >= 0.3 is 0 Å². The molecule has 0 saturated heterocycles. The molecule has 1 fully saturated rings. The van der Waals surface area contributed by atoms with Crippen molar-refractivity contribution < 1.29 is 4.74 Å². The van der Waals surface area contributed by atoms with Crippen LogP contribution in [0.5, 0.6) is 5.75 Å². The molecule has 0 bridgehead atoms. The monoisotopic (exact) mass is 446 g/mol. The van der Waals surface area contributed by atoms with Crippen LogP contribution in [-0.4, -0.2) is 37.3 Å². The van der Waals surface area contributed by atoms with Crippen LogP contribution >= 0.6 is 0 Å². The van der Waals surface area contributed by atoms with Crippen LogP contribution in [0.25, 0.3) is 23.1 Å². The fourth-order valence-corrected chi connectivity index (χ4v) is 4.74. The Hall–Kier alpha value is -3.12. The highest BCUT2D eigenvalue weighted by Gasteiger charge is 2.23. The van der Waals surface area contributed by atoms with Gasteiger partial charge in [0, 0.05) is 26.3 Å². The van der Waals surface area contributed by atoms with Gasteiger partial charge in [-0.2, -0.15) is 0 Å². The molecule has 1 aliphatic carbocycles. The highest BCUT2D eigenvalue weighted by Crippen LogP contribution is 2.30. The maximum absolute atomic E-state index is 13.6. The van der Waals surface area contributed by atoms with Crippen LogP contribution in [0.15, 0.2) is 47.3 Å². The van der Waals surface area contributed by atoms with E-state index in [1.54, 1.807) is 13.2 Å². The number of rotatable bonds is 7. The lowest BCUT2D eigenvalue weighted by atomic mass is 9.81. The number of aromatic nitrogens is 2. The summed E-state index contributed by atoms with van der Waals surface area (Å²) in [5, 5.41) is 0.591. The summed E-state index contributed by atoms with van der Waals surface area (Å²) in [4.78, 5) is 20.5. The molecule has 1 saturated carbocycles. The van der Waals surface area contributed by atoms with Crippen molar-refractivity contribution >= 4 is 28.7 Å². The number of hydrogen-bond acceptors (Lipinski definition) is 5. The molecule has 0 aliphatic heterocycles. The van der Waals surface area contributed by atoms with E-state index in [2.05, 4.69) is 29.2 Å². The number of hydrogen-bond donors (Lipinski definition) is 1. The standard InChI is InChI=1S/C27H34N4O2/c1-30(2)22-10-7-19(8-11-22)9-14-26-29-25-13-12-23(33-3)16-24(25)27(32)31(26)18-21-6-4-5-20(15-21)17-28/h7-14,16,20-21H,4-6,15,17-18,28H2,1-3H3/b14-9+. The third-order valence-electron chi connectivity index (χ3n) is 6.69. The second-order valence-corrected chi connectivity index (χ2v) is 9.22. The zero-order valence-electron chi connectivity index (χ0n) is 19.8. The Morgan fingerprint density at radius 1 is 1.12 bits per heavy atom. The summed E-state index contributed by atoms with van der Waals surface area (Å²) in [6.45, 7) is 1.38. The first-order valence-corrected chi connectivity index (χ1v) is 11.7. The lowest BCUT2D eigenvalue weighted by Crippen LogP contribution is -2.31. The number of nitrogens with zero attached hydrogens (tertiary/aromatic N) is 3. The van der Waals surface area contributed by atoms with Crippen molar-refractivity contribution in [1.29, 1.82) is 0 Å². The van der Waals surface area contributed by atoms with Gasteiger partial charge in [-0.3, -0.25) is 9.36 Å². The second-order valence-electron chi connectivity index (χ2n) is 9.22. The highest BCUT2D eigenvalue weighted by atomic mass is 16.5. The summed E-state index contributed by atoms with van der Waals surface area (Å²) in [5.74, 6) is 2.32. The van der Waals surface area contributed by atoms with Gasteiger partial charge in [0.05, 0.1) is 18.0 Å². The molecule has 6 nitrogen and oxygen atoms in total. The van der Waals surface area contributed by atoms with Crippen molar-refractivity contribution in [2.75, 3.05) is 32.6 Å². The van der Waals surface area contributed by atoms with Gasteiger partial charge in [0.2, 0.25) is 0 Å². The first kappa shape index (κ1) is 23.1. The predicted molar refractivity (Wildman–Crippen MR) is 137 cm³/mol. The van der Waals surface area contributed by atoms with E-state index in [0.717, 1.165) is 24.1 Å². The Morgan fingerprint density at radius 3 is 2.58 bits per heavy atom. The van der Waals surface area contributed by atoms with E-state index in [0.29, 0.717) is 47.4 Å². The molecule has 0 spiro atoms. The van der Waals surface area contributed by atoms with Crippen LogP contribution in [0.2, 0.25) is 0 Å². The molecule has 1 aliphatic rings. The molecule has 33 heavy (non-hydrogen) atoms. The summed E-state index contributed by atoms with van der Waals surface area (Å²) >= 11 is 0. The molecule has 0 amide bonds. The quantitative estimate of drug-likeness (QED) is 0.582. The third-order valence-corrected chi connectivity index (χ3v) is 6.69. The lowest BCUT2D eigenvalue weighted by molar-refractivity contribution is 0.245. The highest BCUT2D eigenvalue weighted by molar-refractivity contribution is 5.81. The van der Waals surface area contributed by atoms with E-state index in [1.807, 2.05) is 42.9 Å². The average molecular weight is 447 g/mol. The molecule has 2 unspecified atom stereocenters. The molecule has 6 heteroatoms. The van der Waals surface area contributed by atoms with Gasteiger partial charge in [-0.15, -0.1) is 0 Å². The average Bonchev–Trinajstić information content (AvgIpc) is 2.85. The summed E-state index contributed by atoms with van der Waals surface area (Å²) in [7, 11) is 5.66. The Morgan fingerprint density at radius 2 is 1.88 bits per heavy atom. The summed E-state index contributed by atoms with van der Waals surface area (Å²) in [5.41, 5.74) is 8.84. The third kappa shape index (κ3) is 5.28. The molecule has 2 atom stereocenters. The van der Waals surface area contributed by atoms with Gasteiger partial charge in [0.1, 0.15) is 11.6 Å². The van der Waals surface area contributed by atoms with Gasteiger partial charge in [-0.25, -0.2) is 4.98 Å². The largest absolute Gasteiger partial charge is 0.497 e. The van der Waals surface area contributed by atoms with E-state index in [4.69, 9.17) is 15.5 Å². The van der Waals surface area contributed by atoms with Crippen molar-refractivity contribution in [3.8, 4) is 5.75 Å². The molecule has 2 aromatic carbocycles. The Kier molecular flexibility index (Phi) is 7.14. The van der Waals surface area contributed by atoms with Crippen molar-refractivity contribution in [2.45, 2.75) is 32.2 Å². The van der Waals surface area contributed by atoms with Gasteiger partial charge in [-0.1, -0.05) is 24.6 Å². The molecule has 3 aromatic rings. The van der Waals surface area contributed by atoms with Crippen LogP contribution in [0.4, 0.5) is 5.69 Å². The maximum atomic E-state index is 13.6. The van der Waals surface area contributed by atoms with Crippen LogP contribution in [-0.2, 0) is 6.54 Å². The maximum Gasteiger partial charge on any atom is 0.261 e. The van der Waals surface area contributed by atoms with E-state index >= 15 is 0 Å². The van der Waals surface area contributed by atoms with Gasteiger partial charge in [0.15, 0.2) is 0 Å². The predicted octanol–water partition coefficient (Wildman–Crippen LogP) is 4.41.